The van der Waals surface area contributed by atoms with E-state index in [1.807, 2.05) is 12.1 Å². The van der Waals surface area contributed by atoms with Crippen molar-refractivity contribution in [2.24, 2.45) is 0 Å². The Balaban J connectivity index is 1.98. The number of aromatic amines is 1. The Hall–Kier alpha value is -1.93. The molecule has 1 unspecified atom stereocenters. The summed E-state index contributed by atoms with van der Waals surface area (Å²) in [5, 5.41) is 0.860. The van der Waals surface area contributed by atoms with Crippen LogP contribution < -0.4 is 0 Å². The molecule has 0 fully saturated rings. The van der Waals surface area contributed by atoms with Gasteiger partial charge in [0.15, 0.2) is 0 Å². The van der Waals surface area contributed by atoms with Gasteiger partial charge in [0, 0.05) is 32.7 Å². The molecule has 0 saturated heterocycles. The van der Waals surface area contributed by atoms with E-state index in [4.69, 9.17) is 0 Å². The van der Waals surface area contributed by atoms with E-state index in [-0.39, 0.29) is 10.0 Å². The van der Waals surface area contributed by atoms with Crippen molar-refractivity contribution in [2.45, 2.75) is 31.6 Å². The van der Waals surface area contributed by atoms with Crippen LogP contribution in [0.25, 0.3) is 10.9 Å². The molecule has 2 atom stereocenters. The third kappa shape index (κ3) is 3.33. The van der Waals surface area contributed by atoms with Crippen LogP contribution in [0, 0.1) is 11.6 Å². The Bertz CT molecular complexity index is 1020. The minimum Gasteiger partial charge on any atom is -0.357 e. The molecule has 2 heterocycles. The van der Waals surface area contributed by atoms with E-state index in [0.717, 1.165) is 33.5 Å². The highest BCUT2D eigenvalue weighted by Crippen LogP contribution is 2.43. The monoisotopic (exact) mass is 458 g/mol. The molecule has 2 nitrogen and oxygen atoms in total. The van der Waals surface area contributed by atoms with Crippen molar-refractivity contribution in [3.05, 3.63) is 69.3 Å². The van der Waals surface area contributed by atoms with Crippen LogP contribution in [0.3, 0.4) is 0 Å². The van der Waals surface area contributed by atoms with E-state index in [1.54, 1.807) is 19.1 Å². The molecule has 1 aromatic heterocycles. The first-order chi connectivity index (χ1) is 13.2. The first kappa shape index (κ1) is 19.4. The maximum atomic E-state index is 14.8. The van der Waals surface area contributed by atoms with Gasteiger partial charge in [-0.1, -0.05) is 34.1 Å². The lowest BCUT2D eigenvalue weighted by Gasteiger charge is -2.41. The average molecular weight is 459 g/mol. The van der Waals surface area contributed by atoms with Crippen LogP contribution in [0.1, 0.15) is 29.8 Å². The summed E-state index contributed by atoms with van der Waals surface area (Å²) in [5.74, 6) is -1.77. The van der Waals surface area contributed by atoms with Gasteiger partial charge in [0.05, 0.1) is 12.6 Å². The van der Waals surface area contributed by atoms with Crippen LogP contribution >= 0.6 is 15.9 Å². The molecule has 28 heavy (non-hydrogen) atoms. The molecule has 4 rings (SSSR count). The largest absolute Gasteiger partial charge is 0.401 e. The standard InChI is InChI=1S/C20H16BrF5N2/c1-10-6-13-12-4-2-3-5-16(12)27-18(13)19(28(10)9-20(24,25)26)17-14(22)7-11(21)8-15(17)23/h2-5,7-8,10,19,27H,6,9H2,1H3/t10?,19-/m1/s1. The van der Waals surface area contributed by atoms with Gasteiger partial charge in [-0.25, -0.2) is 8.78 Å². The van der Waals surface area contributed by atoms with Crippen molar-refractivity contribution in [1.29, 1.82) is 0 Å². The zero-order valence-corrected chi connectivity index (χ0v) is 16.3. The van der Waals surface area contributed by atoms with E-state index in [0.29, 0.717) is 12.1 Å². The Morgan fingerprint density at radius 1 is 1.14 bits per heavy atom. The van der Waals surface area contributed by atoms with Crippen LogP contribution in [-0.4, -0.2) is 28.6 Å². The number of H-pyrrole nitrogens is 1. The lowest BCUT2D eigenvalue weighted by atomic mass is 9.88. The Morgan fingerprint density at radius 3 is 2.43 bits per heavy atom. The molecule has 0 saturated carbocycles. The summed E-state index contributed by atoms with van der Waals surface area (Å²) in [6, 6.07) is 7.69. The summed E-state index contributed by atoms with van der Waals surface area (Å²) >= 11 is 3.03. The number of halogens is 6. The van der Waals surface area contributed by atoms with E-state index < -0.39 is 36.4 Å². The molecule has 3 aromatic rings. The van der Waals surface area contributed by atoms with Gasteiger partial charge in [-0.15, -0.1) is 0 Å². The molecule has 0 spiro atoms. The maximum absolute atomic E-state index is 14.8. The minimum atomic E-state index is -4.50. The average Bonchev–Trinajstić information content (AvgIpc) is 2.94. The van der Waals surface area contributed by atoms with Gasteiger partial charge in [-0.3, -0.25) is 4.90 Å². The number of aromatic nitrogens is 1. The summed E-state index contributed by atoms with van der Waals surface area (Å²) in [4.78, 5) is 4.23. The van der Waals surface area contributed by atoms with Crippen molar-refractivity contribution in [3.63, 3.8) is 0 Å². The number of nitrogens with one attached hydrogen (secondary N) is 1. The van der Waals surface area contributed by atoms with E-state index in [2.05, 4.69) is 20.9 Å². The normalized spacial score (nSPS) is 20.5. The van der Waals surface area contributed by atoms with Crippen molar-refractivity contribution >= 4 is 26.8 Å². The fourth-order valence-electron chi connectivity index (χ4n) is 4.09. The van der Waals surface area contributed by atoms with Gasteiger partial charge in [0.1, 0.15) is 11.6 Å². The van der Waals surface area contributed by atoms with Crippen molar-refractivity contribution in [1.82, 2.24) is 9.88 Å². The van der Waals surface area contributed by atoms with Crippen molar-refractivity contribution < 1.29 is 22.0 Å². The molecule has 0 radical (unpaired) electrons. The number of para-hydroxylation sites is 1. The van der Waals surface area contributed by atoms with Crippen molar-refractivity contribution in [3.8, 4) is 0 Å². The quantitative estimate of drug-likeness (QED) is 0.459. The minimum absolute atomic E-state index is 0.189. The van der Waals surface area contributed by atoms with Crippen molar-refractivity contribution in [2.75, 3.05) is 6.54 Å². The lowest BCUT2D eigenvalue weighted by Crippen LogP contribution is -2.47. The SMILES string of the molecule is CC1Cc2c([nH]c3ccccc23)[C@@H](c2c(F)cc(Br)cc2F)N1CC(F)(F)F. The van der Waals surface area contributed by atoms with Gasteiger partial charge in [0.2, 0.25) is 0 Å². The zero-order valence-electron chi connectivity index (χ0n) is 14.7. The molecule has 2 aromatic carbocycles. The highest BCUT2D eigenvalue weighted by atomic mass is 79.9. The van der Waals surface area contributed by atoms with E-state index in [9.17, 15) is 22.0 Å². The molecular weight excluding hydrogens is 443 g/mol. The van der Waals surface area contributed by atoms with Crippen LogP contribution in [0.5, 0.6) is 0 Å². The Kier molecular flexibility index (Phi) is 4.74. The third-order valence-corrected chi connectivity index (χ3v) is 5.65. The van der Waals surface area contributed by atoms with Gasteiger partial charge >= 0.3 is 6.18 Å². The smallest absolute Gasteiger partial charge is 0.357 e. The van der Waals surface area contributed by atoms with Crippen LogP contribution in [0.15, 0.2) is 40.9 Å². The second-order valence-electron chi connectivity index (χ2n) is 7.09. The van der Waals surface area contributed by atoms with Crippen LogP contribution in [0.2, 0.25) is 0 Å². The highest BCUT2D eigenvalue weighted by molar-refractivity contribution is 9.10. The summed E-state index contributed by atoms with van der Waals surface area (Å²) in [5.41, 5.74) is 1.56. The predicted molar refractivity (Wildman–Crippen MR) is 100 cm³/mol. The summed E-state index contributed by atoms with van der Waals surface area (Å²) < 4.78 is 69.7. The highest BCUT2D eigenvalue weighted by Gasteiger charge is 2.43. The third-order valence-electron chi connectivity index (χ3n) is 5.20. The summed E-state index contributed by atoms with van der Waals surface area (Å²) in [6.07, 6.45) is -4.15. The molecular formula is C20H16BrF5N2. The molecule has 1 aliphatic rings. The fourth-order valence-corrected chi connectivity index (χ4v) is 4.49. The van der Waals surface area contributed by atoms with Gasteiger partial charge in [-0.2, -0.15) is 13.2 Å². The number of rotatable bonds is 2. The van der Waals surface area contributed by atoms with E-state index in [1.165, 1.54) is 0 Å². The second kappa shape index (κ2) is 6.84. The Morgan fingerprint density at radius 2 is 1.79 bits per heavy atom. The predicted octanol–water partition coefficient (Wildman–Crippen LogP) is 6.11. The first-order valence-corrected chi connectivity index (χ1v) is 9.51. The molecule has 0 aliphatic carbocycles. The molecule has 0 amide bonds. The van der Waals surface area contributed by atoms with Crippen LogP contribution in [0.4, 0.5) is 22.0 Å². The number of hydrogen-bond donors (Lipinski definition) is 1. The number of fused-ring (bicyclic) bond motifs is 3. The van der Waals surface area contributed by atoms with E-state index >= 15 is 0 Å². The topological polar surface area (TPSA) is 19.0 Å². The molecule has 1 N–H and O–H groups in total. The molecule has 148 valence electrons. The Labute approximate surface area is 166 Å². The molecule has 0 bridgehead atoms. The number of nitrogens with zero attached hydrogens (tertiary/aromatic N) is 1. The summed E-state index contributed by atoms with van der Waals surface area (Å²) in [6.45, 7) is 0.390. The number of hydrogen-bond acceptors (Lipinski definition) is 1. The lowest BCUT2D eigenvalue weighted by molar-refractivity contribution is -0.155. The van der Waals surface area contributed by atoms with Gasteiger partial charge < -0.3 is 4.98 Å². The van der Waals surface area contributed by atoms with Gasteiger partial charge in [0.25, 0.3) is 0 Å². The molecule has 8 heteroatoms. The zero-order chi connectivity index (χ0) is 20.2. The first-order valence-electron chi connectivity index (χ1n) is 8.72. The fraction of sp³-hybridized carbons (Fsp3) is 0.300. The number of benzene rings is 2. The van der Waals surface area contributed by atoms with Crippen LogP contribution in [-0.2, 0) is 6.42 Å². The molecule has 1 aliphatic heterocycles. The second-order valence-corrected chi connectivity index (χ2v) is 8.00. The van der Waals surface area contributed by atoms with Gasteiger partial charge in [-0.05, 0) is 37.1 Å². The maximum Gasteiger partial charge on any atom is 0.401 e. The number of alkyl halides is 3. The summed E-state index contributed by atoms with van der Waals surface area (Å²) in [7, 11) is 0.